The van der Waals surface area contributed by atoms with Crippen LogP contribution < -0.4 is 5.32 Å². The van der Waals surface area contributed by atoms with Gasteiger partial charge in [0.1, 0.15) is 0 Å². The molecule has 1 aliphatic carbocycles. The first-order valence-corrected chi connectivity index (χ1v) is 10.3. The fourth-order valence-electron chi connectivity index (χ4n) is 4.17. The van der Waals surface area contributed by atoms with Gasteiger partial charge in [-0.1, -0.05) is 47.0 Å². The second kappa shape index (κ2) is 7.70. The van der Waals surface area contributed by atoms with Crippen molar-refractivity contribution in [2.24, 2.45) is 11.8 Å². The van der Waals surface area contributed by atoms with E-state index < -0.39 is 0 Å². The SMILES string of the molecule is CCC(C)C1CN(CC2(SC)CCCC2)C(C(C)C)CN1. The van der Waals surface area contributed by atoms with Gasteiger partial charge in [-0.15, -0.1) is 0 Å². The highest BCUT2D eigenvalue weighted by molar-refractivity contribution is 8.00. The van der Waals surface area contributed by atoms with E-state index in [0.717, 1.165) is 17.9 Å². The lowest BCUT2D eigenvalue weighted by atomic mass is 9.91. The van der Waals surface area contributed by atoms with E-state index in [4.69, 9.17) is 0 Å². The van der Waals surface area contributed by atoms with Crippen LogP contribution in [0.15, 0.2) is 0 Å². The third kappa shape index (κ3) is 4.17. The topological polar surface area (TPSA) is 15.3 Å². The van der Waals surface area contributed by atoms with Crippen molar-refractivity contribution < 1.29 is 0 Å². The highest BCUT2D eigenvalue weighted by Gasteiger charge is 2.39. The van der Waals surface area contributed by atoms with Crippen LogP contribution in [-0.4, -0.2) is 47.6 Å². The minimum atomic E-state index is 0.546. The number of piperazine rings is 1. The molecule has 0 aromatic carbocycles. The fraction of sp³-hybridized carbons (Fsp3) is 1.00. The molecular weight excluding hydrogens is 276 g/mol. The van der Waals surface area contributed by atoms with E-state index in [2.05, 4.69) is 55.9 Å². The molecule has 1 saturated carbocycles. The fourth-order valence-corrected chi connectivity index (χ4v) is 5.17. The predicted molar refractivity (Wildman–Crippen MR) is 96.2 cm³/mol. The average molecular weight is 313 g/mol. The molecule has 124 valence electrons. The number of nitrogens with one attached hydrogen (secondary N) is 1. The molecule has 1 saturated heterocycles. The predicted octanol–water partition coefficient (Wildman–Crippen LogP) is 4.01. The molecule has 21 heavy (non-hydrogen) atoms. The molecule has 3 heteroatoms. The number of hydrogen-bond donors (Lipinski definition) is 1. The van der Waals surface area contributed by atoms with Gasteiger partial charge in [0.2, 0.25) is 0 Å². The molecule has 1 N–H and O–H groups in total. The Hall–Kier alpha value is 0.270. The first-order valence-electron chi connectivity index (χ1n) is 9.04. The maximum Gasteiger partial charge on any atom is 0.0284 e. The quantitative estimate of drug-likeness (QED) is 0.798. The molecular formula is C18H36N2S. The van der Waals surface area contributed by atoms with Gasteiger partial charge in [0.15, 0.2) is 0 Å². The number of rotatable bonds is 6. The minimum Gasteiger partial charge on any atom is -0.311 e. The molecule has 0 spiro atoms. The molecule has 0 aromatic rings. The number of thioether (sulfide) groups is 1. The summed E-state index contributed by atoms with van der Waals surface area (Å²) < 4.78 is 0.546. The average Bonchev–Trinajstić information content (AvgIpc) is 2.95. The second-order valence-corrected chi connectivity index (χ2v) is 9.01. The molecule has 0 aromatic heterocycles. The van der Waals surface area contributed by atoms with Gasteiger partial charge in [-0.05, 0) is 30.9 Å². The zero-order chi connectivity index (χ0) is 15.5. The third-order valence-corrected chi connectivity index (χ3v) is 7.43. The van der Waals surface area contributed by atoms with Crippen LogP contribution in [0.4, 0.5) is 0 Å². The largest absolute Gasteiger partial charge is 0.311 e. The van der Waals surface area contributed by atoms with E-state index in [1.807, 2.05) is 0 Å². The number of nitrogens with zero attached hydrogens (tertiary/aromatic N) is 1. The molecule has 0 bridgehead atoms. The van der Waals surface area contributed by atoms with Gasteiger partial charge >= 0.3 is 0 Å². The maximum atomic E-state index is 3.84. The smallest absolute Gasteiger partial charge is 0.0284 e. The summed E-state index contributed by atoms with van der Waals surface area (Å²) in [5, 5.41) is 3.84. The highest BCUT2D eigenvalue weighted by Crippen LogP contribution is 2.41. The van der Waals surface area contributed by atoms with Crippen molar-refractivity contribution in [2.75, 3.05) is 25.9 Å². The van der Waals surface area contributed by atoms with Gasteiger partial charge in [-0.3, -0.25) is 4.90 Å². The Labute approximate surface area is 136 Å². The van der Waals surface area contributed by atoms with Crippen molar-refractivity contribution >= 4 is 11.8 Å². The van der Waals surface area contributed by atoms with Gasteiger partial charge in [-0.25, -0.2) is 0 Å². The Balaban J connectivity index is 2.06. The van der Waals surface area contributed by atoms with Crippen LogP contribution in [0.1, 0.15) is 59.8 Å². The monoisotopic (exact) mass is 312 g/mol. The Morgan fingerprint density at radius 1 is 1.24 bits per heavy atom. The first-order chi connectivity index (χ1) is 10.0. The molecule has 0 amide bonds. The summed E-state index contributed by atoms with van der Waals surface area (Å²) in [6.45, 7) is 13.3. The standard InChI is InChI=1S/C18H36N2S/c1-6-15(4)16-12-20(17(11-19-16)14(2)3)13-18(21-5)9-7-8-10-18/h14-17,19H,6-13H2,1-5H3. The van der Waals surface area contributed by atoms with E-state index >= 15 is 0 Å². The van der Waals surface area contributed by atoms with Crippen LogP contribution in [0.25, 0.3) is 0 Å². The lowest BCUT2D eigenvalue weighted by Crippen LogP contribution is -2.62. The molecule has 3 atom stereocenters. The zero-order valence-corrected chi connectivity index (χ0v) is 15.6. The first kappa shape index (κ1) is 17.6. The lowest BCUT2D eigenvalue weighted by molar-refractivity contribution is 0.0729. The van der Waals surface area contributed by atoms with Crippen LogP contribution in [0.3, 0.4) is 0 Å². The lowest BCUT2D eigenvalue weighted by Gasteiger charge is -2.47. The van der Waals surface area contributed by atoms with Gasteiger partial charge in [0, 0.05) is 36.5 Å². The van der Waals surface area contributed by atoms with Crippen LogP contribution in [0.2, 0.25) is 0 Å². The molecule has 2 aliphatic rings. The zero-order valence-electron chi connectivity index (χ0n) is 14.8. The van der Waals surface area contributed by atoms with Crippen molar-refractivity contribution in [2.45, 2.75) is 76.6 Å². The Kier molecular flexibility index (Phi) is 6.46. The Bertz CT molecular complexity index is 312. The molecule has 2 fully saturated rings. The number of hydrogen-bond acceptors (Lipinski definition) is 3. The normalized spacial score (nSPS) is 31.7. The summed E-state index contributed by atoms with van der Waals surface area (Å²) in [5.74, 6) is 1.53. The van der Waals surface area contributed by atoms with E-state index in [-0.39, 0.29) is 0 Å². The molecule has 3 unspecified atom stereocenters. The molecule has 1 heterocycles. The van der Waals surface area contributed by atoms with Crippen LogP contribution in [0, 0.1) is 11.8 Å². The molecule has 2 nitrogen and oxygen atoms in total. The Morgan fingerprint density at radius 3 is 2.43 bits per heavy atom. The van der Waals surface area contributed by atoms with Crippen LogP contribution in [0.5, 0.6) is 0 Å². The summed E-state index contributed by atoms with van der Waals surface area (Å²) in [6, 6.07) is 1.40. The third-order valence-electron chi connectivity index (χ3n) is 6.03. The van der Waals surface area contributed by atoms with Crippen molar-refractivity contribution in [1.29, 1.82) is 0 Å². The van der Waals surface area contributed by atoms with E-state index in [0.29, 0.717) is 10.8 Å². The van der Waals surface area contributed by atoms with Crippen LogP contribution in [-0.2, 0) is 0 Å². The van der Waals surface area contributed by atoms with Gasteiger partial charge in [-0.2, -0.15) is 11.8 Å². The van der Waals surface area contributed by atoms with Crippen molar-refractivity contribution in [3.8, 4) is 0 Å². The minimum absolute atomic E-state index is 0.546. The molecule has 2 rings (SSSR count). The summed E-state index contributed by atoms with van der Waals surface area (Å²) in [7, 11) is 0. The van der Waals surface area contributed by atoms with Gasteiger partial charge in [0.05, 0.1) is 0 Å². The van der Waals surface area contributed by atoms with E-state index in [9.17, 15) is 0 Å². The van der Waals surface area contributed by atoms with E-state index in [1.165, 1.54) is 51.7 Å². The Morgan fingerprint density at radius 2 is 1.90 bits per heavy atom. The molecule has 0 radical (unpaired) electrons. The summed E-state index contributed by atoms with van der Waals surface area (Å²) in [4.78, 5) is 2.85. The summed E-state index contributed by atoms with van der Waals surface area (Å²) in [5.41, 5.74) is 0. The van der Waals surface area contributed by atoms with Crippen molar-refractivity contribution in [1.82, 2.24) is 10.2 Å². The highest BCUT2D eigenvalue weighted by atomic mass is 32.2. The summed E-state index contributed by atoms with van der Waals surface area (Å²) in [6.07, 6.45) is 9.35. The summed E-state index contributed by atoms with van der Waals surface area (Å²) >= 11 is 2.14. The molecule has 1 aliphatic heterocycles. The van der Waals surface area contributed by atoms with Crippen molar-refractivity contribution in [3.63, 3.8) is 0 Å². The van der Waals surface area contributed by atoms with Crippen molar-refractivity contribution in [3.05, 3.63) is 0 Å². The van der Waals surface area contributed by atoms with Crippen LogP contribution >= 0.6 is 11.8 Å². The van der Waals surface area contributed by atoms with Gasteiger partial charge in [0.25, 0.3) is 0 Å². The van der Waals surface area contributed by atoms with Gasteiger partial charge < -0.3 is 5.32 Å². The second-order valence-electron chi connectivity index (χ2n) is 7.74. The van der Waals surface area contributed by atoms with E-state index in [1.54, 1.807) is 0 Å². The maximum absolute atomic E-state index is 3.84.